The number of halogens is 2. The largest absolute Gasteiger partial charge is 0.488 e. The Labute approximate surface area is 140 Å². The number of thiophene rings is 1. The van der Waals surface area contributed by atoms with Gasteiger partial charge in [-0.2, -0.15) is 0 Å². The van der Waals surface area contributed by atoms with Crippen molar-refractivity contribution in [2.45, 2.75) is 6.61 Å². The second-order valence-electron chi connectivity index (χ2n) is 5.30. The molecule has 0 fully saturated rings. The summed E-state index contributed by atoms with van der Waals surface area (Å²) in [6.07, 6.45) is 0. The summed E-state index contributed by atoms with van der Waals surface area (Å²) in [5.41, 5.74) is 1.36. The van der Waals surface area contributed by atoms with Crippen LogP contribution in [0.25, 0.3) is 10.4 Å². The third-order valence-corrected chi connectivity index (χ3v) is 4.96. The first-order chi connectivity index (χ1) is 11.6. The highest BCUT2D eigenvalue weighted by atomic mass is 32.1. The van der Waals surface area contributed by atoms with Gasteiger partial charge in [0.15, 0.2) is 0 Å². The number of hydrogen-bond acceptors (Lipinski definition) is 3. The second-order valence-corrected chi connectivity index (χ2v) is 6.35. The van der Waals surface area contributed by atoms with E-state index in [1.807, 2.05) is 24.3 Å². The first kappa shape index (κ1) is 14.8. The van der Waals surface area contributed by atoms with Crippen molar-refractivity contribution in [2.75, 3.05) is 5.32 Å². The van der Waals surface area contributed by atoms with Gasteiger partial charge in [0, 0.05) is 16.0 Å². The summed E-state index contributed by atoms with van der Waals surface area (Å²) in [6.45, 7) is 0.365. The maximum absolute atomic E-state index is 13.7. The summed E-state index contributed by atoms with van der Waals surface area (Å²) in [6, 6.07) is 12.7. The average molecular weight is 343 g/mol. The van der Waals surface area contributed by atoms with Crippen LogP contribution in [0, 0.1) is 11.6 Å². The lowest BCUT2D eigenvalue weighted by atomic mass is 10.1. The fourth-order valence-corrected chi connectivity index (χ4v) is 3.70. The van der Waals surface area contributed by atoms with Crippen LogP contribution in [0.15, 0.2) is 48.5 Å². The predicted octanol–water partition coefficient (Wildman–Crippen LogP) is 4.84. The highest BCUT2D eigenvalue weighted by Gasteiger charge is 2.23. The molecule has 1 amide bonds. The van der Waals surface area contributed by atoms with Gasteiger partial charge in [-0.25, -0.2) is 8.78 Å². The van der Waals surface area contributed by atoms with E-state index in [-0.39, 0.29) is 0 Å². The lowest BCUT2D eigenvalue weighted by Gasteiger charge is -2.16. The third kappa shape index (κ3) is 2.45. The van der Waals surface area contributed by atoms with Crippen molar-refractivity contribution < 1.29 is 18.3 Å². The molecule has 0 aliphatic carbocycles. The van der Waals surface area contributed by atoms with Crippen LogP contribution in [-0.2, 0) is 6.61 Å². The van der Waals surface area contributed by atoms with Crippen LogP contribution < -0.4 is 10.1 Å². The first-order valence-corrected chi connectivity index (χ1v) is 8.05. The second kappa shape index (κ2) is 5.72. The number of para-hydroxylation sites is 2. The quantitative estimate of drug-likeness (QED) is 0.723. The Kier molecular flexibility index (Phi) is 3.54. The molecule has 0 bridgehead atoms. The zero-order valence-corrected chi connectivity index (χ0v) is 13.1. The topological polar surface area (TPSA) is 38.3 Å². The molecule has 0 saturated heterocycles. The number of fused-ring (bicyclic) bond motifs is 3. The first-order valence-electron chi connectivity index (χ1n) is 7.24. The van der Waals surface area contributed by atoms with Gasteiger partial charge in [-0.3, -0.25) is 4.79 Å². The molecule has 2 aromatic carbocycles. The molecule has 3 nitrogen and oxygen atoms in total. The van der Waals surface area contributed by atoms with Gasteiger partial charge in [0.1, 0.15) is 29.7 Å². The van der Waals surface area contributed by atoms with E-state index in [1.165, 1.54) is 17.4 Å². The van der Waals surface area contributed by atoms with E-state index in [0.29, 0.717) is 11.5 Å². The van der Waals surface area contributed by atoms with Gasteiger partial charge in [-0.1, -0.05) is 18.2 Å². The van der Waals surface area contributed by atoms with E-state index in [2.05, 4.69) is 5.32 Å². The average Bonchev–Trinajstić information content (AvgIpc) is 3.03. The van der Waals surface area contributed by atoms with E-state index in [9.17, 15) is 13.6 Å². The minimum atomic E-state index is -0.807. The number of anilines is 1. The standard InChI is InChI=1S/C18H11F2NO2S/c19-12-5-3-6-13(20)16(12)21-18(22)15-8-10-9-23-14-7-2-1-4-11(14)17(10)24-15/h1-8H,9H2,(H,21,22). The summed E-state index contributed by atoms with van der Waals surface area (Å²) in [7, 11) is 0. The van der Waals surface area contributed by atoms with E-state index < -0.39 is 23.2 Å². The molecule has 120 valence electrons. The molecule has 1 aliphatic rings. The van der Waals surface area contributed by atoms with Gasteiger partial charge in [0.25, 0.3) is 5.91 Å². The molecule has 2 heterocycles. The van der Waals surface area contributed by atoms with Crippen LogP contribution in [0.2, 0.25) is 0 Å². The fourth-order valence-electron chi connectivity index (χ4n) is 2.60. The zero-order valence-electron chi connectivity index (χ0n) is 12.3. The van der Waals surface area contributed by atoms with Crippen LogP contribution in [-0.4, -0.2) is 5.91 Å². The van der Waals surface area contributed by atoms with Crippen LogP contribution in [0.3, 0.4) is 0 Å². The normalized spacial score (nSPS) is 12.1. The Bertz CT molecular complexity index is 932. The summed E-state index contributed by atoms with van der Waals surface area (Å²) >= 11 is 1.28. The highest BCUT2D eigenvalue weighted by molar-refractivity contribution is 7.17. The number of benzene rings is 2. The molecule has 0 saturated carbocycles. The van der Waals surface area contributed by atoms with Crippen molar-refractivity contribution in [3.05, 3.63) is 70.6 Å². The molecular weight excluding hydrogens is 332 g/mol. The summed E-state index contributed by atoms with van der Waals surface area (Å²) in [5, 5.41) is 2.31. The van der Waals surface area contributed by atoms with Crippen LogP contribution in [0.5, 0.6) is 5.75 Å². The molecule has 1 aliphatic heterocycles. The maximum Gasteiger partial charge on any atom is 0.265 e. The molecule has 1 aromatic heterocycles. The number of rotatable bonds is 2. The number of ether oxygens (including phenoxy) is 1. The van der Waals surface area contributed by atoms with Gasteiger partial charge in [-0.15, -0.1) is 11.3 Å². The number of nitrogens with one attached hydrogen (secondary N) is 1. The Balaban J connectivity index is 1.67. The van der Waals surface area contributed by atoms with Gasteiger partial charge < -0.3 is 10.1 Å². The van der Waals surface area contributed by atoms with Gasteiger partial charge in [0.2, 0.25) is 0 Å². The molecule has 1 N–H and O–H groups in total. The van der Waals surface area contributed by atoms with Crippen molar-refractivity contribution in [2.24, 2.45) is 0 Å². The fraction of sp³-hybridized carbons (Fsp3) is 0.0556. The van der Waals surface area contributed by atoms with Crippen LogP contribution in [0.1, 0.15) is 15.2 Å². The number of hydrogen-bond donors (Lipinski definition) is 1. The summed E-state index contributed by atoms with van der Waals surface area (Å²) in [5.74, 6) is -1.40. The van der Waals surface area contributed by atoms with Crippen LogP contribution >= 0.6 is 11.3 Å². The van der Waals surface area contributed by atoms with Gasteiger partial charge in [0.05, 0.1) is 4.88 Å². The van der Waals surface area contributed by atoms with Crippen molar-refractivity contribution in [1.82, 2.24) is 0 Å². The van der Waals surface area contributed by atoms with Crippen molar-refractivity contribution in [1.29, 1.82) is 0 Å². The molecule has 24 heavy (non-hydrogen) atoms. The lowest BCUT2D eigenvalue weighted by molar-refractivity contribution is 0.102. The molecule has 6 heteroatoms. The molecule has 4 rings (SSSR count). The Morgan fingerprint density at radius 2 is 1.83 bits per heavy atom. The van der Waals surface area contributed by atoms with Crippen molar-refractivity contribution >= 4 is 22.9 Å². The Morgan fingerprint density at radius 1 is 1.08 bits per heavy atom. The van der Waals surface area contributed by atoms with E-state index in [4.69, 9.17) is 4.74 Å². The predicted molar refractivity (Wildman–Crippen MR) is 88.4 cm³/mol. The van der Waals surface area contributed by atoms with Gasteiger partial charge in [-0.05, 0) is 30.3 Å². The Hall–Kier alpha value is -2.73. The lowest BCUT2D eigenvalue weighted by Crippen LogP contribution is -2.13. The van der Waals surface area contributed by atoms with Crippen molar-refractivity contribution in [3.63, 3.8) is 0 Å². The molecular formula is C18H11F2NO2S. The van der Waals surface area contributed by atoms with Crippen LogP contribution in [0.4, 0.5) is 14.5 Å². The molecule has 0 atom stereocenters. The molecule has 0 spiro atoms. The number of amides is 1. The van der Waals surface area contributed by atoms with E-state index in [0.717, 1.165) is 33.9 Å². The number of carbonyl (C=O) groups is 1. The Morgan fingerprint density at radius 3 is 2.62 bits per heavy atom. The summed E-state index contributed by atoms with van der Waals surface area (Å²) in [4.78, 5) is 13.7. The SMILES string of the molecule is O=C(Nc1c(F)cccc1F)c1cc2c(s1)-c1ccccc1OC2. The maximum atomic E-state index is 13.7. The molecule has 0 radical (unpaired) electrons. The smallest absolute Gasteiger partial charge is 0.265 e. The summed E-state index contributed by atoms with van der Waals surface area (Å²) < 4.78 is 33.0. The number of carbonyl (C=O) groups excluding carboxylic acids is 1. The van der Waals surface area contributed by atoms with Gasteiger partial charge >= 0.3 is 0 Å². The van der Waals surface area contributed by atoms with E-state index in [1.54, 1.807) is 6.07 Å². The van der Waals surface area contributed by atoms with Crippen molar-refractivity contribution in [3.8, 4) is 16.2 Å². The molecule has 0 unspecified atom stereocenters. The monoisotopic (exact) mass is 343 g/mol. The minimum Gasteiger partial charge on any atom is -0.488 e. The van der Waals surface area contributed by atoms with E-state index >= 15 is 0 Å². The third-order valence-electron chi connectivity index (χ3n) is 3.75. The molecule has 3 aromatic rings. The minimum absolute atomic E-state index is 0.365. The zero-order chi connectivity index (χ0) is 16.7. The highest BCUT2D eigenvalue weighted by Crippen LogP contribution is 2.42.